The lowest BCUT2D eigenvalue weighted by Gasteiger charge is -2.29. The highest BCUT2D eigenvalue weighted by Crippen LogP contribution is 2.04. The minimum Gasteiger partial charge on any atom is -0.306 e. The number of nitrogens with one attached hydrogen (secondary N) is 1. The molecule has 1 amide bonds. The van der Waals surface area contributed by atoms with Gasteiger partial charge in [0.1, 0.15) is 0 Å². The quantitative estimate of drug-likeness (QED) is 0.524. The zero-order valence-corrected chi connectivity index (χ0v) is 6.26. The summed E-state index contributed by atoms with van der Waals surface area (Å²) in [6, 6.07) is -0.00931. The van der Waals surface area contributed by atoms with E-state index in [1.807, 2.05) is 0 Å². The molecule has 1 heterocycles. The Balaban J connectivity index is 2.32. The van der Waals surface area contributed by atoms with Gasteiger partial charge in [-0.2, -0.15) is 0 Å². The number of rotatable bonds is 2. The van der Waals surface area contributed by atoms with E-state index in [1.165, 1.54) is 12.2 Å². The van der Waals surface area contributed by atoms with Gasteiger partial charge in [-0.05, 0) is 13.0 Å². The SMILES string of the molecule is CON(C)C(=O)C1CCN1. The normalized spacial score (nSPS) is 23.6. The van der Waals surface area contributed by atoms with Crippen LogP contribution in [0.4, 0.5) is 0 Å². The van der Waals surface area contributed by atoms with Crippen LogP contribution in [0.1, 0.15) is 6.42 Å². The molecule has 0 aromatic heterocycles. The van der Waals surface area contributed by atoms with Crippen molar-refractivity contribution in [2.45, 2.75) is 12.5 Å². The van der Waals surface area contributed by atoms with Crippen LogP contribution in [0.3, 0.4) is 0 Å². The van der Waals surface area contributed by atoms with E-state index in [0.717, 1.165) is 13.0 Å². The molecule has 58 valence electrons. The van der Waals surface area contributed by atoms with Gasteiger partial charge in [0.2, 0.25) is 0 Å². The topological polar surface area (TPSA) is 41.6 Å². The van der Waals surface area contributed by atoms with Gasteiger partial charge in [0.25, 0.3) is 5.91 Å². The summed E-state index contributed by atoms with van der Waals surface area (Å²) in [7, 11) is 3.10. The molecule has 1 saturated heterocycles. The molecule has 1 atom stereocenters. The number of amides is 1. The summed E-state index contributed by atoms with van der Waals surface area (Å²) in [6.45, 7) is 0.938. The van der Waals surface area contributed by atoms with Crippen LogP contribution in [-0.4, -0.2) is 37.7 Å². The lowest BCUT2D eigenvalue weighted by Crippen LogP contribution is -2.53. The molecule has 0 saturated carbocycles. The van der Waals surface area contributed by atoms with Crippen molar-refractivity contribution in [1.29, 1.82) is 0 Å². The summed E-state index contributed by atoms with van der Waals surface area (Å²) in [5, 5.41) is 4.24. The van der Waals surface area contributed by atoms with Crippen LogP contribution in [0.2, 0.25) is 0 Å². The summed E-state index contributed by atoms with van der Waals surface area (Å²) in [4.78, 5) is 15.8. The maximum Gasteiger partial charge on any atom is 0.262 e. The molecule has 0 aromatic rings. The molecule has 0 radical (unpaired) electrons. The van der Waals surface area contributed by atoms with E-state index < -0.39 is 0 Å². The van der Waals surface area contributed by atoms with Gasteiger partial charge in [-0.1, -0.05) is 0 Å². The zero-order chi connectivity index (χ0) is 7.56. The van der Waals surface area contributed by atoms with E-state index >= 15 is 0 Å². The number of nitrogens with zero attached hydrogens (tertiary/aromatic N) is 1. The van der Waals surface area contributed by atoms with E-state index in [9.17, 15) is 4.79 Å². The van der Waals surface area contributed by atoms with Crippen LogP contribution in [-0.2, 0) is 9.63 Å². The van der Waals surface area contributed by atoms with Gasteiger partial charge >= 0.3 is 0 Å². The van der Waals surface area contributed by atoms with Crippen LogP contribution in [0.25, 0.3) is 0 Å². The van der Waals surface area contributed by atoms with Gasteiger partial charge in [0.15, 0.2) is 0 Å². The third-order valence-corrected chi connectivity index (χ3v) is 1.71. The molecule has 0 aromatic carbocycles. The third-order valence-electron chi connectivity index (χ3n) is 1.71. The number of hydroxylamine groups is 2. The predicted molar refractivity (Wildman–Crippen MR) is 36.2 cm³/mol. The fourth-order valence-electron chi connectivity index (χ4n) is 0.809. The first-order valence-corrected chi connectivity index (χ1v) is 3.30. The van der Waals surface area contributed by atoms with E-state index in [-0.39, 0.29) is 11.9 Å². The predicted octanol–water partition coefficient (Wildman–Crippen LogP) is -0.632. The maximum atomic E-state index is 11.1. The molecule has 1 aliphatic heterocycles. The fourth-order valence-corrected chi connectivity index (χ4v) is 0.809. The summed E-state index contributed by atoms with van der Waals surface area (Å²) in [5.74, 6) is 0.00810. The second kappa shape index (κ2) is 2.98. The summed E-state index contributed by atoms with van der Waals surface area (Å²) >= 11 is 0. The van der Waals surface area contributed by atoms with E-state index in [0.29, 0.717) is 0 Å². The average Bonchev–Trinajstić information content (AvgIpc) is 1.82. The largest absolute Gasteiger partial charge is 0.306 e. The van der Waals surface area contributed by atoms with Crippen molar-refractivity contribution in [3.8, 4) is 0 Å². The molecule has 0 bridgehead atoms. The van der Waals surface area contributed by atoms with Crippen LogP contribution in [0, 0.1) is 0 Å². The zero-order valence-electron chi connectivity index (χ0n) is 6.26. The molecule has 1 rings (SSSR count). The van der Waals surface area contributed by atoms with Crippen molar-refractivity contribution in [3.63, 3.8) is 0 Å². The molecule has 0 aliphatic carbocycles. The van der Waals surface area contributed by atoms with Gasteiger partial charge in [-0.15, -0.1) is 0 Å². The third kappa shape index (κ3) is 1.27. The maximum absolute atomic E-state index is 11.1. The van der Waals surface area contributed by atoms with Gasteiger partial charge in [-0.25, -0.2) is 5.06 Å². The molecule has 1 aliphatic rings. The van der Waals surface area contributed by atoms with Crippen molar-refractivity contribution < 1.29 is 9.63 Å². The Kier molecular flexibility index (Phi) is 2.24. The summed E-state index contributed by atoms with van der Waals surface area (Å²) in [6.07, 6.45) is 0.923. The Morgan fingerprint density at radius 3 is 2.70 bits per heavy atom. The average molecular weight is 144 g/mol. The molecular weight excluding hydrogens is 132 g/mol. The Morgan fingerprint density at radius 2 is 2.40 bits per heavy atom. The summed E-state index contributed by atoms with van der Waals surface area (Å²) < 4.78 is 0. The molecule has 4 heteroatoms. The van der Waals surface area contributed by atoms with Gasteiger partial charge in [0.05, 0.1) is 13.2 Å². The Hall–Kier alpha value is -0.610. The Bertz CT molecular complexity index is 127. The van der Waals surface area contributed by atoms with Crippen molar-refractivity contribution >= 4 is 5.91 Å². The standard InChI is InChI=1S/C6H12N2O2/c1-8(10-2)6(9)5-3-4-7-5/h5,7H,3-4H2,1-2H3. The van der Waals surface area contributed by atoms with Crippen molar-refractivity contribution in [1.82, 2.24) is 10.4 Å². The first kappa shape index (κ1) is 7.50. The number of carbonyl (C=O) groups is 1. The van der Waals surface area contributed by atoms with Gasteiger partial charge in [-0.3, -0.25) is 9.63 Å². The molecule has 1 unspecified atom stereocenters. The lowest BCUT2D eigenvalue weighted by molar-refractivity contribution is -0.172. The molecular formula is C6H12N2O2. The van der Waals surface area contributed by atoms with Crippen molar-refractivity contribution in [3.05, 3.63) is 0 Å². The fraction of sp³-hybridized carbons (Fsp3) is 0.833. The Labute approximate surface area is 60.1 Å². The monoisotopic (exact) mass is 144 g/mol. The number of carbonyl (C=O) groups excluding carboxylic acids is 1. The minimum absolute atomic E-state index is 0.00810. The Morgan fingerprint density at radius 1 is 1.80 bits per heavy atom. The van der Waals surface area contributed by atoms with Crippen LogP contribution >= 0.6 is 0 Å². The smallest absolute Gasteiger partial charge is 0.262 e. The second-order valence-electron chi connectivity index (χ2n) is 2.31. The highest BCUT2D eigenvalue weighted by molar-refractivity contribution is 5.81. The van der Waals surface area contributed by atoms with Crippen molar-refractivity contribution in [2.75, 3.05) is 20.7 Å². The van der Waals surface area contributed by atoms with Crippen molar-refractivity contribution in [2.24, 2.45) is 0 Å². The number of likely N-dealkylation sites (N-methyl/N-ethyl adjacent to an activating group) is 1. The van der Waals surface area contributed by atoms with E-state index in [1.54, 1.807) is 7.05 Å². The molecule has 10 heavy (non-hydrogen) atoms. The van der Waals surface area contributed by atoms with E-state index in [2.05, 4.69) is 5.32 Å². The molecule has 1 fully saturated rings. The summed E-state index contributed by atoms with van der Waals surface area (Å²) in [5.41, 5.74) is 0. The van der Waals surface area contributed by atoms with Crippen LogP contribution in [0.5, 0.6) is 0 Å². The molecule has 4 nitrogen and oxygen atoms in total. The highest BCUT2D eigenvalue weighted by Gasteiger charge is 2.27. The van der Waals surface area contributed by atoms with E-state index in [4.69, 9.17) is 4.84 Å². The highest BCUT2D eigenvalue weighted by atomic mass is 16.7. The van der Waals surface area contributed by atoms with Crippen LogP contribution < -0.4 is 5.32 Å². The first-order valence-electron chi connectivity index (χ1n) is 3.30. The first-order chi connectivity index (χ1) is 4.75. The van der Waals surface area contributed by atoms with Crippen LogP contribution in [0.15, 0.2) is 0 Å². The number of hydrogen-bond acceptors (Lipinski definition) is 3. The molecule has 0 spiro atoms. The van der Waals surface area contributed by atoms with Gasteiger partial charge < -0.3 is 5.32 Å². The lowest BCUT2D eigenvalue weighted by atomic mass is 10.1. The minimum atomic E-state index is -0.00931. The van der Waals surface area contributed by atoms with Gasteiger partial charge in [0, 0.05) is 7.05 Å². The molecule has 1 N–H and O–H groups in total. The second-order valence-corrected chi connectivity index (χ2v) is 2.31. The number of hydrogen-bond donors (Lipinski definition) is 1.